The van der Waals surface area contributed by atoms with Crippen molar-refractivity contribution in [3.05, 3.63) is 94.5 Å². The molecule has 0 fully saturated rings. The van der Waals surface area contributed by atoms with Gasteiger partial charge >= 0.3 is 0 Å². The molecule has 0 saturated heterocycles. The zero-order chi connectivity index (χ0) is 24.1. The van der Waals surface area contributed by atoms with Crippen LogP contribution in [0, 0.1) is 18.3 Å². The van der Waals surface area contributed by atoms with Crippen LogP contribution in [-0.2, 0) is 29.5 Å². The van der Waals surface area contributed by atoms with Crippen LogP contribution in [-0.4, -0.2) is 27.4 Å². The molecule has 8 heteroatoms. The number of nitrogens with one attached hydrogen (secondary N) is 2. The van der Waals surface area contributed by atoms with Gasteiger partial charge in [-0.1, -0.05) is 48.5 Å². The molecule has 0 aromatic heterocycles. The topological polar surface area (TPSA) is 102 Å². The molecule has 174 valence electrons. The number of aryl methyl sites for hydroxylation is 1. The van der Waals surface area contributed by atoms with Gasteiger partial charge in [-0.2, -0.15) is 9.98 Å². The fraction of sp³-hybridized carbons (Fsp3) is 0.231. The molecule has 1 aliphatic heterocycles. The molecular weight excluding hydrogens is 448 g/mol. The summed E-state index contributed by atoms with van der Waals surface area (Å²) in [7, 11) is -3.87. The molecule has 1 heterocycles. The average Bonchev–Trinajstić information content (AvgIpc) is 3.25. The Balaban J connectivity index is 1.37. The summed E-state index contributed by atoms with van der Waals surface area (Å²) in [5, 5.41) is 11.5. The lowest BCUT2D eigenvalue weighted by atomic mass is 10.1. The molecule has 3 aromatic carbocycles. The smallest absolute Gasteiger partial charge is 0.251 e. The summed E-state index contributed by atoms with van der Waals surface area (Å²) in [6, 6.07) is 22.9. The summed E-state index contributed by atoms with van der Waals surface area (Å²) in [4.78, 5) is 15.0. The standard InChI is InChI=1S/C26H26N4O3S/c1-19-6-11-23(16-25(19)34(32,33)29-14-13-27)26(31)28-17-20-7-9-21(10-8-20)18-30-15-12-22-4-2-3-5-24(22)30/h2-11,16,29H,12,14-15,17-18H2,1H3,(H,28,31). The highest BCUT2D eigenvalue weighted by atomic mass is 32.2. The third-order valence-corrected chi connectivity index (χ3v) is 7.46. The first kappa shape index (κ1) is 23.5. The van der Waals surface area contributed by atoms with Gasteiger partial charge < -0.3 is 10.2 Å². The summed E-state index contributed by atoms with van der Waals surface area (Å²) >= 11 is 0. The number of carbonyl (C=O) groups is 1. The van der Waals surface area contributed by atoms with Gasteiger partial charge in [-0.3, -0.25) is 4.79 Å². The first-order chi connectivity index (χ1) is 16.4. The molecule has 7 nitrogen and oxygen atoms in total. The number of amides is 1. The van der Waals surface area contributed by atoms with Crippen LogP contribution in [0.5, 0.6) is 0 Å². The Bertz CT molecular complexity index is 1350. The second-order valence-electron chi connectivity index (χ2n) is 8.26. The number of fused-ring (bicyclic) bond motifs is 1. The number of hydrogen-bond acceptors (Lipinski definition) is 5. The zero-order valence-corrected chi connectivity index (χ0v) is 19.7. The number of sulfonamides is 1. The van der Waals surface area contributed by atoms with Crippen molar-refractivity contribution in [2.45, 2.75) is 31.3 Å². The Labute approximate surface area is 200 Å². The van der Waals surface area contributed by atoms with Gasteiger partial charge in [-0.05, 0) is 53.8 Å². The van der Waals surface area contributed by atoms with Gasteiger partial charge in [0.2, 0.25) is 10.0 Å². The van der Waals surface area contributed by atoms with Crippen molar-refractivity contribution in [3.8, 4) is 6.07 Å². The normalized spacial score (nSPS) is 12.8. The molecule has 0 atom stereocenters. The third kappa shape index (κ3) is 5.28. The Morgan fingerprint density at radius 3 is 2.56 bits per heavy atom. The third-order valence-electron chi connectivity index (χ3n) is 5.91. The van der Waals surface area contributed by atoms with Crippen LogP contribution in [0.25, 0.3) is 0 Å². The van der Waals surface area contributed by atoms with Crippen LogP contribution in [0.1, 0.15) is 32.6 Å². The molecule has 0 bridgehead atoms. The van der Waals surface area contributed by atoms with Crippen molar-refractivity contribution < 1.29 is 13.2 Å². The lowest BCUT2D eigenvalue weighted by Crippen LogP contribution is -2.26. The maximum absolute atomic E-state index is 12.7. The molecule has 1 aliphatic rings. The quantitative estimate of drug-likeness (QED) is 0.488. The van der Waals surface area contributed by atoms with Crippen LogP contribution in [0.15, 0.2) is 71.6 Å². The summed E-state index contributed by atoms with van der Waals surface area (Å²) < 4.78 is 27.0. The van der Waals surface area contributed by atoms with Crippen molar-refractivity contribution in [3.63, 3.8) is 0 Å². The van der Waals surface area contributed by atoms with Crippen molar-refractivity contribution in [2.24, 2.45) is 0 Å². The summed E-state index contributed by atoms with van der Waals surface area (Å²) in [6.45, 7) is 3.49. The van der Waals surface area contributed by atoms with Crippen molar-refractivity contribution in [2.75, 3.05) is 18.0 Å². The Morgan fingerprint density at radius 1 is 1.06 bits per heavy atom. The van der Waals surface area contributed by atoms with Crippen LogP contribution in [0.3, 0.4) is 0 Å². The van der Waals surface area contributed by atoms with Gasteiger partial charge in [0.15, 0.2) is 0 Å². The fourth-order valence-corrected chi connectivity index (χ4v) is 5.26. The van der Waals surface area contributed by atoms with E-state index in [2.05, 4.69) is 51.3 Å². The molecular formula is C26H26N4O3S. The van der Waals surface area contributed by atoms with E-state index >= 15 is 0 Å². The van der Waals surface area contributed by atoms with Gasteiger partial charge in [0, 0.05) is 30.9 Å². The van der Waals surface area contributed by atoms with Crippen LogP contribution in [0.2, 0.25) is 0 Å². The van der Waals surface area contributed by atoms with Gasteiger partial charge in [0.1, 0.15) is 0 Å². The molecule has 0 aliphatic carbocycles. The first-order valence-corrected chi connectivity index (χ1v) is 12.5. The number of hydrogen-bond donors (Lipinski definition) is 2. The highest BCUT2D eigenvalue weighted by Crippen LogP contribution is 2.28. The number of benzene rings is 3. The number of para-hydroxylation sites is 1. The minimum Gasteiger partial charge on any atom is -0.367 e. The predicted octanol–water partition coefficient (Wildman–Crippen LogP) is 3.29. The van der Waals surface area contributed by atoms with Gasteiger partial charge in [-0.25, -0.2) is 8.42 Å². The van der Waals surface area contributed by atoms with Crippen LogP contribution >= 0.6 is 0 Å². The largest absolute Gasteiger partial charge is 0.367 e. The SMILES string of the molecule is Cc1ccc(C(=O)NCc2ccc(CN3CCc4ccccc43)cc2)cc1S(=O)(=O)NCC#N. The first-order valence-electron chi connectivity index (χ1n) is 11.0. The summed E-state index contributed by atoms with van der Waals surface area (Å²) in [5.74, 6) is -0.366. The number of nitriles is 1. The van der Waals surface area contributed by atoms with Gasteiger partial charge in [0.05, 0.1) is 17.5 Å². The molecule has 0 spiro atoms. The maximum Gasteiger partial charge on any atom is 0.251 e. The Morgan fingerprint density at radius 2 is 1.79 bits per heavy atom. The lowest BCUT2D eigenvalue weighted by molar-refractivity contribution is 0.0950. The number of carbonyl (C=O) groups excluding carboxylic acids is 1. The van der Waals surface area contributed by atoms with E-state index in [1.807, 2.05) is 12.1 Å². The van der Waals surface area contributed by atoms with Crippen molar-refractivity contribution in [1.29, 1.82) is 5.26 Å². The summed E-state index contributed by atoms with van der Waals surface area (Å²) in [5.41, 5.74) is 5.57. The molecule has 4 rings (SSSR count). The average molecular weight is 475 g/mol. The van der Waals surface area contributed by atoms with E-state index in [9.17, 15) is 13.2 Å². The van der Waals surface area contributed by atoms with E-state index in [4.69, 9.17) is 5.26 Å². The summed E-state index contributed by atoms with van der Waals surface area (Å²) in [6.07, 6.45) is 1.07. The molecule has 0 radical (unpaired) electrons. The van der Waals surface area contributed by atoms with E-state index in [1.54, 1.807) is 25.1 Å². The minimum absolute atomic E-state index is 0.0109. The monoisotopic (exact) mass is 474 g/mol. The number of nitrogens with zero attached hydrogens (tertiary/aromatic N) is 2. The Hall–Kier alpha value is -3.67. The highest BCUT2D eigenvalue weighted by Gasteiger charge is 2.19. The van der Waals surface area contributed by atoms with Gasteiger partial charge in [0.25, 0.3) is 5.91 Å². The lowest BCUT2D eigenvalue weighted by Gasteiger charge is -2.19. The second-order valence-corrected chi connectivity index (χ2v) is 10.00. The van der Waals surface area contributed by atoms with Crippen LogP contribution in [0.4, 0.5) is 5.69 Å². The Kier molecular flexibility index (Phi) is 6.96. The highest BCUT2D eigenvalue weighted by molar-refractivity contribution is 7.89. The van der Waals surface area contributed by atoms with Gasteiger partial charge in [-0.15, -0.1) is 0 Å². The fourth-order valence-electron chi connectivity index (χ4n) is 4.07. The number of anilines is 1. The van der Waals surface area contributed by atoms with Crippen molar-refractivity contribution in [1.82, 2.24) is 10.0 Å². The van der Waals surface area contributed by atoms with E-state index in [0.29, 0.717) is 12.1 Å². The van der Waals surface area contributed by atoms with E-state index in [-0.39, 0.29) is 22.9 Å². The zero-order valence-electron chi connectivity index (χ0n) is 18.9. The predicted molar refractivity (Wildman–Crippen MR) is 131 cm³/mol. The van der Waals surface area contributed by atoms with Crippen molar-refractivity contribution >= 4 is 21.6 Å². The molecule has 1 amide bonds. The molecule has 34 heavy (non-hydrogen) atoms. The van der Waals surface area contributed by atoms with Crippen LogP contribution < -0.4 is 14.9 Å². The second kappa shape index (κ2) is 10.1. The molecule has 2 N–H and O–H groups in total. The maximum atomic E-state index is 12.7. The van der Waals surface area contributed by atoms with E-state index in [0.717, 1.165) is 25.1 Å². The molecule has 0 unspecified atom stereocenters. The van der Waals surface area contributed by atoms with E-state index in [1.165, 1.54) is 22.9 Å². The molecule has 0 saturated carbocycles. The minimum atomic E-state index is -3.87. The van der Waals surface area contributed by atoms with E-state index < -0.39 is 10.0 Å². The molecule has 3 aromatic rings. The number of rotatable bonds is 8.